The van der Waals surface area contributed by atoms with Gasteiger partial charge in [0.1, 0.15) is 11.9 Å². The van der Waals surface area contributed by atoms with E-state index in [9.17, 15) is 4.39 Å². The molecule has 1 aromatic carbocycles. The van der Waals surface area contributed by atoms with Crippen LogP contribution < -0.4 is 0 Å². The summed E-state index contributed by atoms with van der Waals surface area (Å²) in [7, 11) is 0. The van der Waals surface area contributed by atoms with Gasteiger partial charge in [0.15, 0.2) is 0 Å². The molecule has 0 saturated carbocycles. The summed E-state index contributed by atoms with van der Waals surface area (Å²) in [5, 5.41) is 0. The molecule has 2 heteroatoms. The lowest BCUT2D eigenvalue weighted by Crippen LogP contribution is -1.89. The van der Waals surface area contributed by atoms with Crippen LogP contribution in [-0.4, -0.2) is 6.10 Å². The lowest BCUT2D eigenvalue weighted by atomic mass is 10.1. The third-order valence-electron chi connectivity index (χ3n) is 2.42. The number of ether oxygens (including phenoxy) is 1. The minimum Gasteiger partial charge on any atom is -0.364 e. The topological polar surface area (TPSA) is 12.5 Å². The van der Waals surface area contributed by atoms with Crippen molar-refractivity contribution in [2.24, 2.45) is 0 Å². The molecular weight excluding hydrogens is 143 g/mol. The van der Waals surface area contributed by atoms with E-state index in [2.05, 4.69) is 0 Å². The maximum Gasteiger partial charge on any atom is 0.123 e. The lowest BCUT2D eigenvalue weighted by molar-refractivity contribution is 0.360. The van der Waals surface area contributed by atoms with Gasteiger partial charge in [-0.2, -0.15) is 0 Å². The van der Waals surface area contributed by atoms with Crippen LogP contribution in [0, 0.1) is 5.82 Å². The molecule has 0 aromatic heterocycles. The molecule has 2 aliphatic rings. The predicted molar refractivity (Wildman–Crippen MR) is 37.7 cm³/mol. The number of rotatable bonds is 0. The number of hydrogen-bond acceptors (Lipinski definition) is 1. The zero-order valence-electron chi connectivity index (χ0n) is 5.88. The molecule has 0 N–H and O–H groups in total. The summed E-state index contributed by atoms with van der Waals surface area (Å²) in [6.07, 6.45) is 1.56. The smallest absolute Gasteiger partial charge is 0.123 e. The Morgan fingerprint density at radius 3 is 3.27 bits per heavy atom. The van der Waals surface area contributed by atoms with E-state index in [0.29, 0.717) is 12.2 Å². The van der Waals surface area contributed by atoms with Crippen LogP contribution in [0.5, 0.6) is 0 Å². The van der Waals surface area contributed by atoms with E-state index in [1.54, 1.807) is 6.07 Å². The summed E-state index contributed by atoms with van der Waals surface area (Å²) in [6.45, 7) is 0. The molecule has 0 amide bonds. The van der Waals surface area contributed by atoms with Crippen LogP contribution in [0.4, 0.5) is 4.39 Å². The van der Waals surface area contributed by atoms with Crippen molar-refractivity contribution < 1.29 is 9.13 Å². The quantitative estimate of drug-likeness (QED) is 0.514. The fourth-order valence-electron chi connectivity index (χ4n) is 1.82. The molecule has 1 aromatic rings. The van der Waals surface area contributed by atoms with Gasteiger partial charge in [0.05, 0.1) is 6.10 Å². The summed E-state index contributed by atoms with van der Waals surface area (Å²) in [6, 6.07) is 4.95. The Bertz CT molecular complexity index is 321. The van der Waals surface area contributed by atoms with Crippen molar-refractivity contribution in [3.05, 3.63) is 35.1 Å². The van der Waals surface area contributed by atoms with Crippen molar-refractivity contribution in [1.29, 1.82) is 0 Å². The zero-order chi connectivity index (χ0) is 7.42. The number of fused-ring (bicyclic) bond motifs is 3. The molecule has 1 aliphatic heterocycles. The van der Waals surface area contributed by atoms with Gasteiger partial charge in [-0.3, -0.25) is 0 Å². The van der Waals surface area contributed by atoms with Gasteiger partial charge in [-0.05, 0) is 23.3 Å². The van der Waals surface area contributed by atoms with Crippen molar-refractivity contribution in [3.63, 3.8) is 0 Å². The molecule has 1 saturated heterocycles. The van der Waals surface area contributed by atoms with Crippen LogP contribution in [0.15, 0.2) is 18.2 Å². The number of hydrogen-bond donors (Lipinski definition) is 0. The fourth-order valence-corrected chi connectivity index (χ4v) is 1.82. The molecule has 0 spiro atoms. The second-order valence-electron chi connectivity index (χ2n) is 3.14. The molecule has 1 nitrogen and oxygen atoms in total. The number of epoxide rings is 1. The second kappa shape index (κ2) is 1.64. The van der Waals surface area contributed by atoms with Crippen LogP contribution in [0.3, 0.4) is 0 Å². The first-order chi connectivity index (χ1) is 5.34. The second-order valence-corrected chi connectivity index (χ2v) is 3.14. The van der Waals surface area contributed by atoms with Gasteiger partial charge in [-0.1, -0.05) is 6.07 Å². The van der Waals surface area contributed by atoms with Gasteiger partial charge < -0.3 is 4.74 Å². The summed E-state index contributed by atoms with van der Waals surface area (Å²) in [4.78, 5) is 0. The summed E-state index contributed by atoms with van der Waals surface area (Å²) < 4.78 is 18.0. The molecule has 11 heavy (non-hydrogen) atoms. The van der Waals surface area contributed by atoms with Crippen molar-refractivity contribution in [2.45, 2.75) is 18.6 Å². The fraction of sp³-hybridized carbons (Fsp3) is 0.333. The first kappa shape index (κ1) is 5.72. The van der Waals surface area contributed by atoms with E-state index in [0.717, 1.165) is 12.0 Å². The van der Waals surface area contributed by atoms with Crippen LogP contribution in [0.2, 0.25) is 0 Å². The molecule has 56 valence electrons. The molecule has 2 atom stereocenters. The summed E-state index contributed by atoms with van der Waals surface area (Å²) in [5.74, 6) is -0.134. The van der Waals surface area contributed by atoms with Gasteiger partial charge in [0.25, 0.3) is 0 Å². The van der Waals surface area contributed by atoms with Crippen molar-refractivity contribution >= 4 is 0 Å². The maximum atomic E-state index is 12.7. The van der Waals surface area contributed by atoms with E-state index in [4.69, 9.17) is 4.74 Å². The van der Waals surface area contributed by atoms with E-state index in [1.165, 1.54) is 11.6 Å². The largest absolute Gasteiger partial charge is 0.364 e. The van der Waals surface area contributed by atoms with Crippen LogP contribution in [0.1, 0.15) is 17.2 Å². The first-order valence-electron chi connectivity index (χ1n) is 3.78. The SMILES string of the molecule is Fc1ccc2c(c1)C[C@@H]1O[C@H]21. The molecule has 1 aliphatic carbocycles. The highest BCUT2D eigenvalue weighted by molar-refractivity contribution is 5.39. The van der Waals surface area contributed by atoms with E-state index in [1.807, 2.05) is 6.07 Å². The molecule has 0 radical (unpaired) electrons. The highest BCUT2D eigenvalue weighted by Crippen LogP contribution is 2.48. The van der Waals surface area contributed by atoms with Gasteiger partial charge >= 0.3 is 0 Å². The predicted octanol–water partition coefficient (Wildman–Crippen LogP) is 1.82. The van der Waals surface area contributed by atoms with Crippen molar-refractivity contribution in [1.82, 2.24) is 0 Å². The van der Waals surface area contributed by atoms with E-state index < -0.39 is 0 Å². The maximum absolute atomic E-state index is 12.7. The standard InChI is InChI=1S/C9H7FO/c10-6-1-2-7-5(3-6)4-8-9(7)11-8/h1-3,8-9H,4H2/t8-,9+/m0/s1. The Morgan fingerprint density at radius 1 is 1.45 bits per heavy atom. The molecule has 0 unspecified atom stereocenters. The molecule has 1 fully saturated rings. The third-order valence-corrected chi connectivity index (χ3v) is 2.42. The molecular formula is C9H7FO. The Kier molecular flexibility index (Phi) is 0.853. The molecule has 0 bridgehead atoms. The van der Waals surface area contributed by atoms with Gasteiger partial charge in [0.2, 0.25) is 0 Å². The number of halogens is 1. The monoisotopic (exact) mass is 150 g/mol. The minimum absolute atomic E-state index is 0.134. The average molecular weight is 150 g/mol. The zero-order valence-corrected chi connectivity index (χ0v) is 5.88. The van der Waals surface area contributed by atoms with Crippen LogP contribution in [-0.2, 0) is 11.2 Å². The molecule has 3 rings (SSSR count). The summed E-state index contributed by atoms with van der Waals surface area (Å²) in [5.41, 5.74) is 2.32. The third kappa shape index (κ3) is 0.676. The van der Waals surface area contributed by atoms with Crippen molar-refractivity contribution in [2.75, 3.05) is 0 Å². The van der Waals surface area contributed by atoms with Gasteiger partial charge in [-0.25, -0.2) is 4.39 Å². The summed E-state index contributed by atoms with van der Waals surface area (Å²) >= 11 is 0. The van der Waals surface area contributed by atoms with Crippen LogP contribution >= 0.6 is 0 Å². The Labute approximate surface area is 63.8 Å². The highest BCUT2D eigenvalue weighted by Gasteiger charge is 2.46. The Morgan fingerprint density at radius 2 is 2.36 bits per heavy atom. The Hall–Kier alpha value is -0.890. The lowest BCUT2D eigenvalue weighted by Gasteiger charge is -2.00. The number of benzene rings is 1. The normalized spacial score (nSPS) is 31.4. The van der Waals surface area contributed by atoms with Crippen LogP contribution in [0.25, 0.3) is 0 Å². The average Bonchev–Trinajstić information content (AvgIpc) is 2.63. The minimum atomic E-state index is -0.134. The van der Waals surface area contributed by atoms with Crippen molar-refractivity contribution in [3.8, 4) is 0 Å². The molecule has 1 heterocycles. The van der Waals surface area contributed by atoms with E-state index >= 15 is 0 Å². The van der Waals surface area contributed by atoms with Gasteiger partial charge in [0, 0.05) is 6.42 Å². The Balaban J connectivity index is 2.18. The highest BCUT2D eigenvalue weighted by atomic mass is 19.1. The first-order valence-corrected chi connectivity index (χ1v) is 3.78. The van der Waals surface area contributed by atoms with E-state index in [-0.39, 0.29) is 5.82 Å². The van der Waals surface area contributed by atoms with Gasteiger partial charge in [-0.15, -0.1) is 0 Å².